The quantitative estimate of drug-likeness (QED) is 0.820. The summed E-state index contributed by atoms with van der Waals surface area (Å²) in [6.45, 7) is 0.384. The van der Waals surface area contributed by atoms with Crippen molar-refractivity contribution in [2.24, 2.45) is 0 Å². The van der Waals surface area contributed by atoms with Crippen molar-refractivity contribution < 1.29 is 18.0 Å². The third kappa shape index (κ3) is 5.38. The van der Waals surface area contributed by atoms with Crippen molar-refractivity contribution in [2.45, 2.75) is 12.6 Å². The van der Waals surface area contributed by atoms with Crippen molar-refractivity contribution in [3.8, 4) is 0 Å². The maximum Gasteiger partial charge on any atom is 0.417 e. The molecule has 2 aromatic rings. The second kappa shape index (κ2) is 7.97. The molecule has 1 aromatic heterocycles. The molecule has 1 heterocycles. The molecule has 1 N–H and O–H groups in total. The summed E-state index contributed by atoms with van der Waals surface area (Å²) in [5, 5.41) is 2.27. The van der Waals surface area contributed by atoms with Gasteiger partial charge in [-0.05, 0) is 35.9 Å². The smallest absolute Gasteiger partial charge is 0.352 e. The summed E-state index contributed by atoms with van der Waals surface area (Å²) < 4.78 is 38.3. The zero-order chi connectivity index (χ0) is 17.6. The minimum Gasteiger partial charge on any atom is -0.352 e. The number of alkyl halides is 3. The summed E-state index contributed by atoms with van der Waals surface area (Å²) in [6, 6.07) is 8.96. The molecule has 7 heteroatoms. The third-order valence-corrected chi connectivity index (χ3v) is 3.46. The van der Waals surface area contributed by atoms with Crippen LogP contribution in [0, 0.1) is 0 Å². The van der Waals surface area contributed by atoms with Gasteiger partial charge in [-0.3, -0.25) is 9.78 Å². The molecule has 2 rings (SSSR count). The molecule has 1 amide bonds. The Kier molecular flexibility index (Phi) is 5.98. The predicted octanol–water partition coefficient (Wildman–Crippen LogP) is 4.13. The van der Waals surface area contributed by atoms with Crippen molar-refractivity contribution in [2.75, 3.05) is 6.54 Å². The van der Waals surface area contributed by atoms with Crippen molar-refractivity contribution >= 4 is 23.6 Å². The number of nitrogens with one attached hydrogen (secondary N) is 1. The van der Waals surface area contributed by atoms with Crippen LogP contribution in [0.2, 0.25) is 5.02 Å². The van der Waals surface area contributed by atoms with E-state index >= 15 is 0 Å². The molecular formula is C17H14ClF3N2O. The number of amides is 1. The predicted molar refractivity (Wildman–Crippen MR) is 86.4 cm³/mol. The molecule has 0 spiro atoms. The average Bonchev–Trinajstić information content (AvgIpc) is 2.54. The van der Waals surface area contributed by atoms with E-state index < -0.39 is 17.6 Å². The van der Waals surface area contributed by atoms with Crippen LogP contribution in [-0.2, 0) is 17.4 Å². The summed E-state index contributed by atoms with van der Waals surface area (Å²) in [6.07, 6.45) is 0.185. The lowest BCUT2D eigenvalue weighted by atomic mass is 10.1. The van der Waals surface area contributed by atoms with Crippen LogP contribution in [0.4, 0.5) is 13.2 Å². The Morgan fingerprint density at radius 3 is 2.71 bits per heavy atom. The van der Waals surface area contributed by atoms with E-state index in [1.807, 2.05) is 12.1 Å². The van der Waals surface area contributed by atoms with Gasteiger partial charge in [0, 0.05) is 30.9 Å². The lowest BCUT2D eigenvalue weighted by Crippen LogP contribution is -2.23. The van der Waals surface area contributed by atoms with E-state index in [1.54, 1.807) is 12.3 Å². The van der Waals surface area contributed by atoms with E-state index in [-0.39, 0.29) is 10.6 Å². The Labute approximate surface area is 142 Å². The van der Waals surface area contributed by atoms with E-state index in [4.69, 9.17) is 11.6 Å². The fourth-order valence-electron chi connectivity index (χ4n) is 1.95. The molecule has 0 bridgehead atoms. The highest BCUT2D eigenvalue weighted by Crippen LogP contribution is 2.35. The largest absolute Gasteiger partial charge is 0.417 e. The number of hydrogen-bond acceptors (Lipinski definition) is 2. The molecule has 126 valence electrons. The first-order valence-electron chi connectivity index (χ1n) is 7.09. The highest BCUT2D eigenvalue weighted by atomic mass is 35.5. The molecule has 0 aliphatic heterocycles. The fraction of sp³-hybridized carbons (Fsp3) is 0.176. The number of aromatic nitrogens is 1. The monoisotopic (exact) mass is 354 g/mol. The molecule has 0 saturated heterocycles. The second-order valence-corrected chi connectivity index (χ2v) is 5.34. The van der Waals surface area contributed by atoms with Crippen LogP contribution >= 0.6 is 11.6 Å². The maximum absolute atomic E-state index is 12.8. The summed E-state index contributed by atoms with van der Waals surface area (Å²) >= 11 is 5.54. The van der Waals surface area contributed by atoms with Gasteiger partial charge in [0.15, 0.2) is 0 Å². The highest BCUT2D eigenvalue weighted by molar-refractivity contribution is 6.31. The zero-order valence-electron chi connectivity index (χ0n) is 12.5. The van der Waals surface area contributed by atoms with Gasteiger partial charge in [0.05, 0.1) is 10.6 Å². The lowest BCUT2D eigenvalue weighted by molar-refractivity contribution is -0.137. The van der Waals surface area contributed by atoms with Gasteiger partial charge < -0.3 is 5.32 Å². The summed E-state index contributed by atoms with van der Waals surface area (Å²) in [5.74, 6) is -0.394. The third-order valence-electron chi connectivity index (χ3n) is 3.13. The molecule has 0 aliphatic rings. The highest BCUT2D eigenvalue weighted by Gasteiger charge is 2.33. The normalized spacial score (nSPS) is 11.7. The van der Waals surface area contributed by atoms with E-state index in [9.17, 15) is 18.0 Å². The number of rotatable bonds is 5. The fourth-order valence-corrected chi connectivity index (χ4v) is 2.18. The van der Waals surface area contributed by atoms with E-state index in [0.717, 1.165) is 17.8 Å². The minimum absolute atomic E-state index is 0.242. The number of hydrogen-bond donors (Lipinski definition) is 1. The van der Waals surface area contributed by atoms with E-state index in [1.165, 1.54) is 18.2 Å². The van der Waals surface area contributed by atoms with Crippen molar-refractivity contribution in [3.05, 3.63) is 70.5 Å². The summed E-state index contributed by atoms with van der Waals surface area (Å²) in [5.41, 5.74) is 0.155. The molecule has 3 nitrogen and oxygen atoms in total. The molecule has 1 aromatic carbocycles. The van der Waals surface area contributed by atoms with Gasteiger partial charge in [0.2, 0.25) is 5.91 Å². The number of carbonyl (C=O) groups is 1. The van der Waals surface area contributed by atoms with Gasteiger partial charge in [-0.25, -0.2) is 0 Å². The first-order valence-corrected chi connectivity index (χ1v) is 7.46. The number of pyridine rings is 1. The minimum atomic E-state index is -4.54. The second-order valence-electron chi connectivity index (χ2n) is 4.93. The van der Waals surface area contributed by atoms with Crippen LogP contribution in [0.3, 0.4) is 0 Å². The summed E-state index contributed by atoms with van der Waals surface area (Å²) in [4.78, 5) is 15.8. The molecule has 0 atom stereocenters. The van der Waals surface area contributed by atoms with Gasteiger partial charge in [-0.2, -0.15) is 13.2 Å². The molecule has 0 fully saturated rings. The Hall–Kier alpha value is -2.34. The van der Waals surface area contributed by atoms with Crippen LogP contribution in [0.25, 0.3) is 6.08 Å². The van der Waals surface area contributed by atoms with E-state index in [2.05, 4.69) is 10.3 Å². The van der Waals surface area contributed by atoms with Gasteiger partial charge >= 0.3 is 6.18 Å². The zero-order valence-corrected chi connectivity index (χ0v) is 13.2. The lowest BCUT2D eigenvalue weighted by Gasteiger charge is -2.09. The first kappa shape index (κ1) is 18.0. The topological polar surface area (TPSA) is 42.0 Å². The molecule has 0 saturated carbocycles. The van der Waals surface area contributed by atoms with Gasteiger partial charge in [0.1, 0.15) is 0 Å². The van der Waals surface area contributed by atoms with Crippen LogP contribution < -0.4 is 5.32 Å². The number of halogens is 4. The number of carbonyl (C=O) groups excluding carboxylic acids is 1. The van der Waals surface area contributed by atoms with Crippen molar-refractivity contribution in [1.29, 1.82) is 0 Å². The van der Waals surface area contributed by atoms with Crippen LogP contribution in [0.15, 0.2) is 48.7 Å². The molecule has 0 aliphatic carbocycles. The molecule has 24 heavy (non-hydrogen) atoms. The van der Waals surface area contributed by atoms with Crippen molar-refractivity contribution in [3.63, 3.8) is 0 Å². The average molecular weight is 355 g/mol. The first-order chi connectivity index (χ1) is 11.4. The van der Waals surface area contributed by atoms with Crippen LogP contribution in [-0.4, -0.2) is 17.4 Å². The van der Waals surface area contributed by atoms with Crippen molar-refractivity contribution in [1.82, 2.24) is 10.3 Å². The number of benzene rings is 1. The Bertz CT molecular complexity index is 730. The Morgan fingerprint density at radius 1 is 1.25 bits per heavy atom. The number of nitrogens with zero attached hydrogens (tertiary/aromatic N) is 1. The SMILES string of the molecule is O=C(/C=C/c1ccc(Cl)c(C(F)(F)F)c1)NCCc1ccccn1. The van der Waals surface area contributed by atoms with Gasteiger partial charge in [-0.1, -0.05) is 23.7 Å². The summed E-state index contributed by atoms with van der Waals surface area (Å²) in [7, 11) is 0. The van der Waals surface area contributed by atoms with Gasteiger partial charge in [-0.15, -0.1) is 0 Å². The Morgan fingerprint density at radius 2 is 2.04 bits per heavy atom. The molecular weight excluding hydrogens is 341 g/mol. The maximum atomic E-state index is 12.8. The van der Waals surface area contributed by atoms with Crippen LogP contribution in [0.5, 0.6) is 0 Å². The molecule has 0 radical (unpaired) electrons. The molecule has 0 unspecified atom stereocenters. The standard InChI is InChI=1S/C17H14ClF3N2O/c18-15-6-4-12(11-14(15)17(19,20)21)5-7-16(24)23-10-8-13-3-1-2-9-22-13/h1-7,9,11H,8,10H2,(H,23,24)/b7-5+. The van der Waals surface area contributed by atoms with Gasteiger partial charge in [0.25, 0.3) is 0 Å². The van der Waals surface area contributed by atoms with E-state index in [0.29, 0.717) is 13.0 Å². The van der Waals surface area contributed by atoms with Crippen LogP contribution in [0.1, 0.15) is 16.8 Å². The Balaban J connectivity index is 1.92.